The molecule has 2 amide bonds. The first-order valence-electron chi connectivity index (χ1n) is 26.1. The lowest BCUT2D eigenvalue weighted by molar-refractivity contribution is -0.141. The summed E-state index contributed by atoms with van der Waals surface area (Å²) in [5.41, 5.74) is 15.0. The van der Waals surface area contributed by atoms with Crippen LogP contribution < -0.4 is 35.1 Å². The van der Waals surface area contributed by atoms with Crippen molar-refractivity contribution >= 4 is 46.4 Å². The van der Waals surface area contributed by atoms with Crippen molar-refractivity contribution in [3.8, 4) is 45.0 Å². The molecule has 77 heavy (non-hydrogen) atoms. The molecule has 3 unspecified atom stereocenters. The average Bonchev–Trinajstić information content (AvgIpc) is 4.30. The summed E-state index contributed by atoms with van der Waals surface area (Å²) < 4.78 is 24.1. The molecular formula is C57H61N11O8S. The molecule has 1 aliphatic carbocycles. The molecule has 4 fully saturated rings. The predicted molar refractivity (Wildman–Crippen MR) is 290 cm³/mol. The average molecular weight is 1060 g/mol. The number of aromatic nitrogens is 6. The Kier molecular flexibility index (Phi) is 14.7. The van der Waals surface area contributed by atoms with E-state index in [1.165, 1.54) is 4.90 Å². The summed E-state index contributed by atoms with van der Waals surface area (Å²) in [7, 11) is 0. The van der Waals surface area contributed by atoms with Gasteiger partial charge < -0.3 is 54.7 Å². The first-order chi connectivity index (χ1) is 37.4. The number of nitrogens with two attached hydrogens (primary N) is 1. The molecule has 11 rings (SSSR count). The number of amides is 2. The number of pyridine rings is 2. The maximum absolute atomic E-state index is 14.1. The number of nitrogen functional groups attached to an aromatic ring is 1. The third-order valence-corrected chi connectivity index (χ3v) is 15.9. The summed E-state index contributed by atoms with van der Waals surface area (Å²) in [6.07, 6.45) is 9.97. The van der Waals surface area contributed by atoms with Gasteiger partial charge in [-0.2, -0.15) is 0 Å². The van der Waals surface area contributed by atoms with Gasteiger partial charge in [-0.3, -0.25) is 14.6 Å². The van der Waals surface area contributed by atoms with Gasteiger partial charge in [0, 0.05) is 87.1 Å². The number of likely N-dealkylation sites (tertiary alicyclic amines) is 1. The molecule has 398 valence electrons. The number of carbonyl (C=O) groups is 2. The second-order valence-corrected chi connectivity index (χ2v) is 21.4. The van der Waals surface area contributed by atoms with E-state index in [0.717, 1.165) is 71.8 Å². The number of aryl methyl sites for hydroxylation is 1. The van der Waals surface area contributed by atoms with Gasteiger partial charge >= 0.3 is 0 Å². The minimum absolute atomic E-state index is 0.00908. The van der Waals surface area contributed by atoms with Gasteiger partial charge in [-0.15, -0.1) is 21.5 Å². The Morgan fingerprint density at radius 2 is 1.70 bits per heavy atom. The van der Waals surface area contributed by atoms with Crippen LogP contribution in [0.25, 0.3) is 27.8 Å². The van der Waals surface area contributed by atoms with Gasteiger partial charge in [0.2, 0.25) is 17.7 Å². The zero-order valence-corrected chi connectivity index (χ0v) is 43.8. The maximum atomic E-state index is 14.1. The van der Waals surface area contributed by atoms with Gasteiger partial charge in [-0.05, 0) is 90.5 Å². The van der Waals surface area contributed by atoms with Crippen LogP contribution in [-0.2, 0) is 16.1 Å². The van der Waals surface area contributed by atoms with Gasteiger partial charge in [0.1, 0.15) is 42.3 Å². The Morgan fingerprint density at radius 1 is 0.909 bits per heavy atom. The summed E-state index contributed by atoms with van der Waals surface area (Å²) in [5.74, 6) is 0.704. The number of nitrogens with one attached hydrogen (secondary N) is 1. The van der Waals surface area contributed by atoms with Crippen LogP contribution in [0.4, 0.5) is 17.2 Å². The molecule has 2 bridgehead atoms. The number of thiazole rings is 1. The second-order valence-electron chi connectivity index (χ2n) is 20.5. The molecule has 8 heterocycles. The van der Waals surface area contributed by atoms with Crippen LogP contribution in [0.15, 0.2) is 113 Å². The third-order valence-electron chi connectivity index (χ3n) is 14.9. The smallest absolute Gasteiger partial charge is 0.254 e. The minimum atomic E-state index is -0.835. The van der Waals surface area contributed by atoms with Crippen LogP contribution in [0.3, 0.4) is 0 Å². The number of hydrogen-bond acceptors (Lipinski definition) is 18. The quantitative estimate of drug-likeness (QED) is 0.0647. The van der Waals surface area contributed by atoms with E-state index >= 15 is 0 Å². The second kappa shape index (κ2) is 22.2. The lowest BCUT2D eigenvalue weighted by Gasteiger charge is -2.43. The number of anilines is 3. The predicted octanol–water partition coefficient (Wildman–Crippen LogP) is 7.60. The van der Waals surface area contributed by atoms with Gasteiger partial charge in [0.05, 0.1) is 45.5 Å². The fourth-order valence-electron chi connectivity index (χ4n) is 10.9. The number of phenolic OH excluding ortho intramolecular Hbond substituents is 1. The highest BCUT2D eigenvalue weighted by Gasteiger charge is 2.44. The molecule has 7 aromatic rings. The number of nitrogens with zero attached hydrogens (tertiary/aromatic N) is 9. The number of para-hydroxylation sites is 1. The normalized spacial score (nSPS) is 21.3. The maximum Gasteiger partial charge on any atom is 0.254 e. The number of fused-ring (bicyclic) bond motifs is 2. The Hall–Kier alpha value is -8.10. The molecule has 2 aromatic carbocycles. The highest BCUT2D eigenvalue weighted by Crippen LogP contribution is 2.41. The van der Waals surface area contributed by atoms with E-state index in [0.29, 0.717) is 40.2 Å². The van der Waals surface area contributed by atoms with Crippen molar-refractivity contribution in [1.82, 2.24) is 40.5 Å². The number of aliphatic hydroxyl groups excluding tert-OH is 1. The summed E-state index contributed by atoms with van der Waals surface area (Å²) in [6, 6.07) is 26.1. The molecule has 0 spiro atoms. The zero-order valence-electron chi connectivity index (χ0n) is 43.0. The molecule has 4 aliphatic rings. The molecule has 3 aliphatic heterocycles. The Labute approximate surface area is 449 Å². The summed E-state index contributed by atoms with van der Waals surface area (Å²) in [5, 5.41) is 36.7. The SMILES string of the molecule is Cc1ncsc1-c1ccc(CNC(=O)[C@@H]2C[C@@H](O)CN2C(=O)C(c2cc(OCC=Cc3ccc(OC4CC(Oc5cc(N6C7CCC6CN(c6cc(-c8ccccc8O)nnc6N)C7)ccn5)C4)cn3)no2)C(C)C)cc1. The topological polar surface area (TPSA) is 241 Å². The summed E-state index contributed by atoms with van der Waals surface area (Å²) in [6.45, 7) is 7.81. The number of β-amino-alcohol motifs (C(OH)–C–C–N with tert-alkyl or cyclic N) is 1. The fraction of sp³-hybridized carbons (Fsp3) is 0.368. The number of ether oxygens (including phenoxy) is 3. The molecule has 5 atom stereocenters. The Morgan fingerprint density at radius 3 is 2.44 bits per heavy atom. The number of aliphatic hydroxyl groups is 1. The van der Waals surface area contributed by atoms with Crippen molar-refractivity contribution in [2.75, 3.05) is 41.8 Å². The van der Waals surface area contributed by atoms with Crippen molar-refractivity contribution < 1.29 is 38.5 Å². The number of carbonyl (C=O) groups excluding carboxylic acids is 2. The van der Waals surface area contributed by atoms with Crippen molar-refractivity contribution in [1.29, 1.82) is 0 Å². The third kappa shape index (κ3) is 11.2. The number of aromatic hydroxyl groups is 1. The number of rotatable bonds is 18. The van der Waals surface area contributed by atoms with E-state index in [-0.39, 0.29) is 79.8 Å². The van der Waals surface area contributed by atoms with Crippen LogP contribution in [0, 0.1) is 12.8 Å². The highest BCUT2D eigenvalue weighted by molar-refractivity contribution is 7.13. The standard InChI is InChI=1S/C57H61N11O8S/c1-33(2)53(57(72)67-31-41(69)22-48(67)56(71)61-27-35-10-12-36(13-11-35)54-34(3)62-32-77-54)50-26-52(65-76-50)73-20-6-7-37-14-17-42(28-60-37)74-43-23-44(24-43)75-51-21-38(18-19-59-51)68-39-15-16-40(68)30-66(29-39)47-25-46(63-64-55(47)58)45-8-4-5-9-49(45)70/h4-14,17-19,21,25-26,28,32-33,39-41,43-44,48,53,69-70H,15-16,20,22-24,27,29-31H2,1-3H3,(H2,58,64)(H,61,71)/t39?,40?,41-,43?,44?,48+,53?/m1/s1. The first kappa shape index (κ1) is 51.0. The summed E-state index contributed by atoms with van der Waals surface area (Å²) >= 11 is 1.58. The summed E-state index contributed by atoms with van der Waals surface area (Å²) in [4.78, 5) is 48.4. The molecule has 0 radical (unpaired) electrons. The van der Waals surface area contributed by atoms with Gasteiger partial charge in [-0.1, -0.05) is 50.2 Å². The fourth-order valence-corrected chi connectivity index (χ4v) is 11.7. The number of phenols is 1. The molecule has 3 saturated heterocycles. The minimum Gasteiger partial charge on any atom is -0.507 e. The lowest BCUT2D eigenvalue weighted by atomic mass is 9.91. The Balaban J connectivity index is 0.619. The molecule has 19 nitrogen and oxygen atoms in total. The monoisotopic (exact) mass is 1060 g/mol. The van der Waals surface area contributed by atoms with Crippen LogP contribution >= 0.6 is 11.3 Å². The van der Waals surface area contributed by atoms with E-state index in [9.17, 15) is 19.8 Å². The Bertz CT molecular complexity index is 3220. The molecule has 1 saturated carbocycles. The first-order valence-corrected chi connectivity index (χ1v) is 27.0. The van der Waals surface area contributed by atoms with Crippen molar-refractivity contribution in [3.05, 3.63) is 132 Å². The van der Waals surface area contributed by atoms with E-state index in [1.807, 2.05) is 99.2 Å². The van der Waals surface area contributed by atoms with E-state index in [1.54, 1.807) is 41.8 Å². The van der Waals surface area contributed by atoms with Gasteiger partial charge in [-0.25, -0.2) is 9.97 Å². The number of hydrogen-bond donors (Lipinski definition) is 4. The van der Waals surface area contributed by atoms with Crippen molar-refractivity contribution in [2.45, 2.75) is 102 Å². The zero-order chi connectivity index (χ0) is 53.2. The van der Waals surface area contributed by atoms with Crippen LogP contribution in [0.2, 0.25) is 0 Å². The van der Waals surface area contributed by atoms with Crippen LogP contribution in [0.1, 0.15) is 74.6 Å². The molecule has 5 aromatic heterocycles. The molecule has 20 heteroatoms. The van der Waals surface area contributed by atoms with Crippen molar-refractivity contribution in [3.63, 3.8) is 0 Å². The van der Waals surface area contributed by atoms with Gasteiger partial charge in [0.15, 0.2) is 11.6 Å². The highest BCUT2D eigenvalue weighted by atomic mass is 32.1. The van der Waals surface area contributed by atoms with E-state index in [2.05, 4.69) is 51.5 Å². The van der Waals surface area contributed by atoms with Gasteiger partial charge in [0.25, 0.3) is 5.88 Å². The van der Waals surface area contributed by atoms with E-state index < -0.39 is 18.1 Å². The molecular weight excluding hydrogens is 999 g/mol. The van der Waals surface area contributed by atoms with Crippen LogP contribution in [0.5, 0.6) is 23.3 Å². The lowest BCUT2D eigenvalue weighted by Crippen LogP contribution is -2.54. The number of benzene rings is 2. The van der Waals surface area contributed by atoms with Crippen LogP contribution in [-0.4, -0.2) is 120 Å². The van der Waals surface area contributed by atoms with E-state index in [4.69, 9.17) is 24.5 Å². The largest absolute Gasteiger partial charge is 0.507 e. The molecule has 5 N–H and O–H groups in total. The number of piperazine rings is 1. The van der Waals surface area contributed by atoms with Crippen molar-refractivity contribution in [2.24, 2.45) is 5.92 Å².